The first-order valence-electron chi connectivity index (χ1n) is 11.8. The van der Waals surface area contributed by atoms with Gasteiger partial charge in [-0.3, -0.25) is 4.79 Å². The molecule has 0 radical (unpaired) electrons. The fourth-order valence-corrected chi connectivity index (χ4v) is 4.49. The maximum Gasteiger partial charge on any atom is 0.340 e. The summed E-state index contributed by atoms with van der Waals surface area (Å²) in [6, 6.07) is 21.6. The molecule has 34 heavy (non-hydrogen) atoms. The van der Waals surface area contributed by atoms with Crippen LogP contribution in [0.15, 0.2) is 75.9 Å². The minimum absolute atomic E-state index is 0.0690. The monoisotopic (exact) mass is 453 g/mol. The third-order valence-electron chi connectivity index (χ3n) is 6.19. The largest absolute Gasteiger partial charge is 0.422 e. The van der Waals surface area contributed by atoms with Crippen LogP contribution in [0.4, 0.5) is 5.69 Å². The number of rotatable bonds is 6. The zero-order valence-electron chi connectivity index (χ0n) is 20.4. The Balaban J connectivity index is 1.82. The number of benzene rings is 3. The first kappa shape index (κ1) is 23.5. The van der Waals surface area contributed by atoms with Gasteiger partial charge in [0.25, 0.3) is 0 Å². The van der Waals surface area contributed by atoms with Crippen molar-refractivity contribution in [2.45, 2.75) is 52.9 Å². The van der Waals surface area contributed by atoms with Gasteiger partial charge in [0.1, 0.15) is 5.58 Å². The number of anilines is 1. The molecule has 0 aliphatic rings. The van der Waals surface area contributed by atoms with Gasteiger partial charge in [-0.15, -0.1) is 0 Å². The van der Waals surface area contributed by atoms with E-state index in [1.807, 2.05) is 61.5 Å². The first-order valence-corrected chi connectivity index (χ1v) is 11.8. The van der Waals surface area contributed by atoms with Gasteiger partial charge in [0.2, 0.25) is 5.91 Å². The summed E-state index contributed by atoms with van der Waals surface area (Å²) in [6.45, 7) is 10.5. The highest BCUT2D eigenvalue weighted by molar-refractivity contribution is 5.99. The van der Waals surface area contributed by atoms with E-state index in [9.17, 15) is 9.59 Å². The van der Waals surface area contributed by atoms with Crippen molar-refractivity contribution in [3.63, 3.8) is 0 Å². The van der Waals surface area contributed by atoms with Crippen molar-refractivity contribution in [3.8, 4) is 11.1 Å². The second kappa shape index (κ2) is 9.68. The second-order valence-electron chi connectivity index (χ2n) is 9.45. The van der Waals surface area contributed by atoms with E-state index >= 15 is 0 Å². The van der Waals surface area contributed by atoms with Gasteiger partial charge in [-0.1, -0.05) is 87.9 Å². The highest BCUT2D eigenvalue weighted by Crippen LogP contribution is 2.34. The Morgan fingerprint density at radius 3 is 2.15 bits per heavy atom. The maximum atomic E-state index is 13.4. The molecule has 0 bridgehead atoms. The molecule has 1 amide bonds. The van der Waals surface area contributed by atoms with Crippen LogP contribution in [-0.2, 0) is 11.2 Å². The number of hydrogen-bond acceptors (Lipinski definition) is 3. The summed E-state index contributed by atoms with van der Waals surface area (Å²) in [4.78, 5) is 26.5. The zero-order chi connectivity index (χ0) is 24.4. The lowest BCUT2D eigenvalue weighted by Crippen LogP contribution is -2.22. The van der Waals surface area contributed by atoms with Crippen LogP contribution in [0.3, 0.4) is 0 Å². The van der Waals surface area contributed by atoms with Crippen molar-refractivity contribution in [2.24, 2.45) is 0 Å². The third kappa shape index (κ3) is 4.67. The molecule has 4 nitrogen and oxygen atoms in total. The maximum absolute atomic E-state index is 13.4. The van der Waals surface area contributed by atoms with Crippen LogP contribution in [0.5, 0.6) is 0 Å². The number of amides is 1. The van der Waals surface area contributed by atoms with E-state index in [4.69, 9.17) is 4.42 Å². The molecule has 0 saturated carbocycles. The van der Waals surface area contributed by atoms with Gasteiger partial charge in [0.05, 0.1) is 12.0 Å². The molecule has 1 aromatic heterocycles. The molecule has 4 aromatic rings. The van der Waals surface area contributed by atoms with Crippen molar-refractivity contribution in [2.75, 3.05) is 5.32 Å². The fraction of sp³-hybridized carbons (Fsp3) is 0.267. The summed E-state index contributed by atoms with van der Waals surface area (Å²) in [5.41, 5.74) is 6.13. The predicted octanol–water partition coefficient (Wildman–Crippen LogP) is 7.20. The van der Waals surface area contributed by atoms with E-state index in [1.165, 1.54) is 0 Å². The second-order valence-corrected chi connectivity index (χ2v) is 9.45. The molecule has 0 atom stereocenters. The van der Waals surface area contributed by atoms with E-state index in [-0.39, 0.29) is 24.2 Å². The van der Waals surface area contributed by atoms with Crippen molar-refractivity contribution in [1.82, 2.24) is 0 Å². The van der Waals surface area contributed by atoms with E-state index in [0.29, 0.717) is 11.1 Å². The average Bonchev–Trinajstić information content (AvgIpc) is 2.80. The Labute approximate surface area is 200 Å². The van der Waals surface area contributed by atoms with Crippen molar-refractivity contribution in [1.29, 1.82) is 0 Å². The summed E-state index contributed by atoms with van der Waals surface area (Å²) in [5, 5.41) is 3.97. The van der Waals surface area contributed by atoms with Crippen molar-refractivity contribution < 1.29 is 9.21 Å². The quantitative estimate of drug-likeness (QED) is 0.314. The van der Waals surface area contributed by atoms with Gasteiger partial charge in [-0.25, -0.2) is 4.79 Å². The van der Waals surface area contributed by atoms with E-state index in [0.717, 1.165) is 38.9 Å². The molecule has 0 aliphatic carbocycles. The van der Waals surface area contributed by atoms with Gasteiger partial charge in [-0.05, 0) is 47.6 Å². The molecule has 3 aromatic carbocycles. The van der Waals surface area contributed by atoms with Crippen LogP contribution < -0.4 is 10.9 Å². The van der Waals surface area contributed by atoms with Gasteiger partial charge in [-0.2, -0.15) is 0 Å². The molecule has 174 valence electrons. The van der Waals surface area contributed by atoms with Crippen molar-refractivity contribution >= 4 is 22.6 Å². The molecule has 4 rings (SSSR count). The van der Waals surface area contributed by atoms with E-state index in [2.05, 4.69) is 45.1 Å². The van der Waals surface area contributed by atoms with Gasteiger partial charge in [0, 0.05) is 16.6 Å². The van der Waals surface area contributed by atoms with Gasteiger partial charge < -0.3 is 9.73 Å². The number of fused-ring (bicyclic) bond motifs is 1. The number of carbonyl (C=O) groups excluding carboxylic acids is 1. The van der Waals surface area contributed by atoms with E-state index in [1.54, 1.807) is 0 Å². The molecule has 0 spiro atoms. The smallest absolute Gasteiger partial charge is 0.340 e. The predicted molar refractivity (Wildman–Crippen MR) is 140 cm³/mol. The number of carbonyl (C=O) groups is 1. The first-order chi connectivity index (χ1) is 16.3. The summed E-state index contributed by atoms with van der Waals surface area (Å²) in [5.74, 6) is 0.275. The van der Waals surface area contributed by atoms with Crippen LogP contribution in [0.1, 0.15) is 61.8 Å². The standard InChI is InChI=1S/C30H31NO3/c1-18(2)22-12-9-13-23(19(3)4)29(22)31-27(32)17-25-28(21-10-7-6-8-11-21)24-16-20(5)14-15-26(24)34-30(25)33/h6-16,18-19H,17H2,1-5H3,(H,31,32). The normalized spacial score (nSPS) is 11.4. The molecule has 1 heterocycles. The van der Waals surface area contributed by atoms with Gasteiger partial charge in [0.15, 0.2) is 0 Å². The minimum Gasteiger partial charge on any atom is -0.422 e. The Kier molecular flexibility index (Phi) is 6.69. The van der Waals surface area contributed by atoms with Crippen LogP contribution in [0, 0.1) is 6.92 Å². The van der Waals surface area contributed by atoms with Crippen LogP contribution >= 0.6 is 0 Å². The Hall–Kier alpha value is -3.66. The summed E-state index contributed by atoms with van der Waals surface area (Å²) >= 11 is 0. The number of aryl methyl sites for hydroxylation is 1. The molecule has 0 saturated heterocycles. The topological polar surface area (TPSA) is 59.3 Å². The third-order valence-corrected chi connectivity index (χ3v) is 6.19. The molecule has 0 fully saturated rings. The summed E-state index contributed by atoms with van der Waals surface area (Å²) in [7, 11) is 0. The number of hydrogen-bond donors (Lipinski definition) is 1. The molecular weight excluding hydrogens is 422 g/mol. The molecule has 4 heteroatoms. The highest BCUT2D eigenvalue weighted by Gasteiger charge is 2.21. The SMILES string of the molecule is Cc1ccc2oc(=O)c(CC(=O)Nc3c(C(C)C)cccc3C(C)C)c(-c3ccccc3)c2c1. The fourth-order valence-electron chi connectivity index (χ4n) is 4.49. The van der Waals surface area contributed by atoms with Gasteiger partial charge >= 0.3 is 5.63 Å². The lowest BCUT2D eigenvalue weighted by Gasteiger charge is -2.20. The van der Waals surface area contributed by atoms with Crippen LogP contribution in [0.25, 0.3) is 22.1 Å². The minimum atomic E-state index is -0.480. The lowest BCUT2D eigenvalue weighted by molar-refractivity contribution is -0.115. The lowest BCUT2D eigenvalue weighted by atomic mass is 9.92. The molecule has 1 N–H and O–H groups in total. The Morgan fingerprint density at radius 2 is 1.53 bits per heavy atom. The molecule has 0 aliphatic heterocycles. The summed E-state index contributed by atoms with van der Waals surface area (Å²) < 4.78 is 5.65. The highest BCUT2D eigenvalue weighted by atomic mass is 16.4. The summed E-state index contributed by atoms with van der Waals surface area (Å²) in [6.07, 6.45) is -0.0690. The van der Waals surface area contributed by atoms with Crippen LogP contribution in [-0.4, -0.2) is 5.91 Å². The number of para-hydroxylation sites is 1. The van der Waals surface area contributed by atoms with Crippen LogP contribution in [0.2, 0.25) is 0 Å². The number of nitrogens with one attached hydrogen (secondary N) is 1. The Morgan fingerprint density at radius 1 is 0.882 bits per heavy atom. The average molecular weight is 454 g/mol. The Bertz CT molecular complexity index is 1370. The molecular formula is C30H31NO3. The zero-order valence-corrected chi connectivity index (χ0v) is 20.4. The molecule has 0 unspecified atom stereocenters. The van der Waals surface area contributed by atoms with Crippen molar-refractivity contribution in [3.05, 3.63) is 99.4 Å². The van der Waals surface area contributed by atoms with E-state index < -0.39 is 5.63 Å².